The molecule has 0 radical (unpaired) electrons. The highest BCUT2D eigenvalue weighted by Crippen LogP contribution is 2.19. The van der Waals surface area contributed by atoms with Gasteiger partial charge in [-0.25, -0.2) is 4.79 Å². The maximum atomic E-state index is 12.1. The van der Waals surface area contributed by atoms with Crippen LogP contribution in [0.2, 0.25) is 0 Å². The molecule has 1 aliphatic heterocycles. The summed E-state index contributed by atoms with van der Waals surface area (Å²) in [4.78, 5) is 26.2. The first kappa shape index (κ1) is 19.4. The highest BCUT2D eigenvalue weighted by molar-refractivity contribution is 5.40. The number of hydrogen-bond donors (Lipinski definition) is 2. The highest BCUT2D eigenvalue weighted by Gasteiger charge is 2.25. The average molecular weight is 376 g/mol. The molecule has 0 aromatic carbocycles. The van der Waals surface area contributed by atoms with Crippen molar-refractivity contribution in [3.8, 4) is 0 Å². The van der Waals surface area contributed by atoms with Crippen molar-refractivity contribution in [2.45, 2.75) is 39.4 Å². The molecular weight excluding hydrogens is 348 g/mol. The average Bonchev–Trinajstić information content (AvgIpc) is 3.20. The summed E-state index contributed by atoms with van der Waals surface area (Å²) in [6.45, 7) is 6.81. The normalized spacial score (nSPS) is 17.1. The van der Waals surface area contributed by atoms with Gasteiger partial charge in [0.05, 0.1) is 18.8 Å². The number of aryl methyl sites for hydroxylation is 1. The van der Waals surface area contributed by atoms with Gasteiger partial charge in [0.1, 0.15) is 5.82 Å². The van der Waals surface area contributed by atoms with Crippen molar-refractivity contribution in [2.75, 3.05) is 24.6 Å². The van der Waals surface area contributed by atoms with Gasteiger partial charge in [0.25, 0.3) is 5.56 Å². The Kier molecular flexibility index (Phi) is 5.52. The summed E-state index contributed by atoms with van der Waals surface area (Å²) in [5.74, 6) is 0.663. The van der Waals surface area contributed by atoms with E-state index in [0.29, 0.717) is 18.9 Å². The van der Waals surface area contributed by atoms with Crippen LogP contribution in [0.3, 0.4) is 0 Å². The maximum absolute atomic E-state index is 12.1. The van der Waals surface area contributed by atoms with Gasteiger partial charge in [-0.2, -0.15) is 5.10 Å². The van der Waals surface area contributed by atoms with E-state index in [9.17, 15) is 9.59 Å². The minimum atomic E-state index is -0.309. The first-order chi connectivity index (χ1) is 12.8. The van der Waals surface area contributed by atoms with E-state index in [1.54, 1.807) is 7.05 Å². The molecular formula is C18H28N6O3. The van der Waals surface area contributed by atoms with Crippen LogP contribution in [0.1, 0.15) is 23.4 Å². The van der Waals surface area contributed by atoms with Gasteiger partial charge in [0.15, 0.2) is 0 Å². The predicted octanol–water partition coefficient (Wildman–Crippen LogP) is -0.742. The number of aliphatic hydroxyl groups excluding tert-OH is 1. The molecule has 9 heteroatoms. The number of hydrogen-bond acceptors (Lipinski definition) is 6. The summed E-state index contributed by atoms with van der Waals surface area (Å²) < 4.78 is 4.48. The summed E-state index contributed by atoms with van der Waals surface area (Å²) in [6.07, 6.45) is 0.937. The quantitative estimate of drug-likeness (QED) is 0.689. The lowest BCUT2D eigenvalue weighted by molar-refractivity contribution is 0.267. The molecule has 0 spiro atoms. The van der Waals surface area contributed by atoms with E-state index in [1.807, 2.05) is 18.5 Å². The Morgan fingerprint density at radius 2 is 2.00 bits per heavy atom. The van der Waals surface area contributed by atoms with Gasteiger partial charge >= 0.3 is 5.69 Å². The molecule has 0 bridgehead atoms. The lowest BCUT2D eigenvalue weighted by Crippen LogP contribution is -2.40. The molecule has 1 aliphatic rings. The van der Waals surface area contributed by atoms with Crippen molar-refractivity contribution >= 4 is 5.82 Å². The smallest absolute Gasteiger partial charge is 0.332 e. The Morgan fingerprint density at radius 3 is 2.70 bits per heavy atom. The zero-order valence-corrected chi connectivity index (χ0v) is 16.4. The van der Waals surface area contributed by atoms with Crippen molar-refractivity contribution in [1.82, 2.24) is 24.2 Å². The first-order valence-corrected chi connectivity index (χ1v) is 9.22. The molecule has 2 aromatic heterocycles. The van der Waals surface area contributed by atoms with E-state index in [-0.39, 0.29) is 23.9 Å². The summed E-state index contributed by atoms with van der Waals surface area (Å²) >= 11 is 0. The van der Waals surface area contributed by atoms with Gasteiger partial charge in [-0.15, -0.1) is 0 Å². The van der Waals surface area contributed by atoms with Gasteiger partial charge in [-0.1, -0.05) is 0 Å². The number of aromatic nitrogens is 4. The lowest BCUT2D eigenvalue weighted by Gasteiger charge is -2.21. The zero-order chi connectivity index (χ0) is 19.7. The van der Waals surface area contributed by atoms with Crippen LogP contribution < -0.4 is 21.5 Å². The monoisotopic (exact) mass is 376 g/mol. The van der Waals surface area contributed by atoms with Gasteiger partial charge < -0.3 is 15.3 Å². The van der Waals surface area contributed by atoms with Crippen LogP contribution in [-0.2, 0) is 27.2 Å². The fraction of sp³-hybridized carbons (Fsp3) is 0.611. The first-order valence-electron chi connectivity index (χ1n) is 9.22. The zero-order valence-electron chi connectivity index (χ0n) is 16.4. The van der Waals surface area contributed by atoms with E-state index < -0.39 is 0 Å². The van der Waals surface area contributed by atoms with Crippen LogP contribution in [-0.4, -0.2) is 49.8 Å². The van der Waals surface area contributed by atoms with E-state index >= 15 is 0 Å². The van der Waals surface area contributed by atoms with Gasteiger partial charge in [0.2, 0.25) is 0 Å². The minimum Gasteiger partial charge on any atom is -0.394 e. The predicted molar refractivity (Wildman–Crippen MR) is 103 cm³/mol. The fourth-order valence-corrected chi connectivity index (χ4v) is 3.71. The van der Waals surface area contributed by atoms with Gasteiger partial charge in [-0.05, 0) is 20.3 Å². The third-order valence-corrected chi connectivity index (χ3v) is 5.42. The Balaban J connectivity index is 1.68. The summed E-state index contributed by atoms with van der Waals surface area (Å²) in [6, 6.07) is 1.79. The Bertz CT molecular complexity index is 942. The number of nitrogens with zero attached hydrogens (tertiary/aromatic N) is 5. The molecule has 0 aliphatic carbocycles. The van der Waals surface area contributed by atoms with Crippen LogP contribution in [0.15, 0.2) is 15.7 Å². The van der Waals surface area contributed by atoms with Crippen LogP contribution in [0.5, 0.6) is 0 Å². The molecule has 0 saturated carbocycles. The van der Waals surface area contributed by atoms with Crippen molar-refractivity contribution < 1.29 is 5.11 Å². The third kappa shape index (κ3) is 3.70. The van der Waals surface area contributed by atoms with E-state index in [0.717, 1.165) is 41.0 Å². The second-order valence-corrected chi connectivity index (χ2v) is 7.15. The largest absolute Gasteiger partial charge is 0.394 e. The molecule has 148 valence electrons. The standard InChI is InChI=1S/C18H28N6O3/c1-12-15(13(2)24(20-12)7-8-25)10-19-14-5-6-23(11-14)16-9-17(26)22(4)18(27)21(16)3/h9,14,19,25H,5-8,10-11H2,1-4H3/t14-/m1/s1. The topological polar surface area (TPSA) is 97.3 Å². The summed E-state index contributed by atoms with van der Waals surface area (Å²) in [7, 11) is 3.19. The van der Waals surface area contributed by atoms with E-state index in [4.69, 9.17) is 5.11 Å². The third-order valence-electron chi connectivity index (χ3n) is 5.42. The second kappa shape index (κ2) is 7.69. The molecule has 2 N–H and O–H groups in total. The van der Waals surface area contributed by atoms with Crippen LogP contribution in [0.25, 0.3) is 0 Å². The molecule has 3 heterocycles. The molecule has 3 rings (SSSR count). The van der Waals surface area contributed by atoms with E-state index in [2.05, 4.69) is 15.3 Å². The lowest BCUT2D eigenvalue weighted by atomic mass is 10.1. The number of rotatable bonds is 6. The van der Waals surface area contributed by atoms with Gasteiger partial charge in [0, 0.05) is 57.1 Å². The number of anilines is 1. The maximum Gasteiger partial charge on any atom is 0.332 e. The van der Waals surface area contributed by atoms with Crippen molar-refractivity contribution in [2.24, 2.45) is 14.1 Å². The minimum absolute atomic E-state index is 0.0711. The highest BCUT2D eigenvalue weighted by atomic mass is 16.3. The Morgan fingerprint density at radius 1 is 1.26 bits per heavy atom. The van der Waals surface area contributed by atoms with Crippen molar-refractivity contribution in [1.29, 1.82) is 0 Å². The fourth-order valence-electron chi connectivity index (χ4n) is 3.71. The molecule has 27 heavy (non-hydrogen) atoms. The summed E-state index contributed by atoms with van der Waals surface area (Å²) in [5.41, 5.74) is 2.60. The molecule has 1 saturated heterocycles. The summed E-state index contributed by atoms with van der Waals surface area (Å²) in [5, 5.41) is 17.2. The molecule has 9 nitrogen and oxygen atoms in total. The van der Waals surface area contributed by atoms with Crippen LogP contribution >= 0.6 is 0 Å². The van der Waals surface area contributed by atoms with Crippen molar-refractivity contribution in [3.05, 3.63) is 43.9 Å². The molecule has 1 fully saturated rings. The molecule has 2 aromatic rings. The second-order valence-electron chi connectivity index (χ2n) is 7.15. The molecule has 0 unspecified atom stereocenters. The van der Waals surface area contributed by atoms with Crippen LogP contribution in [0.4, 0.5) is 5.82 Å². The molecule has 0 amide bonds. The number of nitrogens with one attached hydrogen (secondary N) is 1. The number of aliphatic hydroxyl groups is 1. The molecule has 1 atom stereocenters. The van der Waals surface area contributed by atoms with E-state index in [1.165, 1.54) is 17.7 Å². The Hall–Kier alpha value is -2.39. The Labute approximate surface area is 157 Å². The van der Waals surface area contributed by atoms with Crippen molar-refractivity contribution in [3.63, 3.8) is 0 Å². The van der Waals surface area contributed by atoms with Crippen LogP contribution in [0, 0.1) is 13.8 Å². The SMILES string of the molecule is Cc1nn(CCO)c(C)c1CN[C@@H]1CCN(c2cc(=O)n(C)c(=O)n2C)C1. The van der Waals surface area contributed by atoms with Gasteiger partial charge in [-0.3, -0.25) is 18.6 Å².